The third-order valence-corrected chi connectivity index (χ3v) is 10.9. The monoisotopic (exact) mass is 630 g/mol. The molecule has 0 amide bonds. The Morgan fingerprint density at radius 3 is 1.22 bits per heavy atom. The number of fused-ring (bicyclic) bond motifs is 6. The molecule has 6 aliphatic rings. The summed E-state index contributed by atoms with van der Waals surface area (Å²) in [5.41, 5.74) is 3.23. The molecule has 6 heterocycles. The summed E-state index contributed by atoms with van der Waals surface area (Å²) in [4.78, 5) is 0. The average Bonchev–Trinajstić information content (AvgIpc) is 2.94. The van der Waals surface area contributed by atoms with Crippen molar-refractivity contribution < 1.29 is 42.9 Å². The quantitative estimate of drug-likeness (QED) is 0.271. The van der Waals surface area contributed by atoms with Gasteiger partial charge in [0, 0.05) is 37.5 Å². The number of quaternary nitrogens is 2. The summed E-state index contributed by atoms with van der Waals surface area (Å²) in [7, 11) is 0. The van der Waals surface area contributed by atoms with Gasteiger partial charge in [0.2, 0.25) is 0 Å². The lowest BCUT2D eigenvalue weighted by Crippen LogP contribution is -3.00. The van der Waals surface area contributed by atoms with Crippen molar-refractivity contribution in [3.8, 4) is 0 Å². The van der Waals surface area contributed by atoms with Crippen molar-refractivity contribution in [2.45, 2.75) is 69.6 Å². The minimum Gasteiger partial charge on any atom is -1.00 e. The van der Waals surface area contributed by atoms with Crippen LogP contribution in [0.1, 0.15) is 80.8 Å². The van der Waals surface area contributed by atoms with Crippen molar-refractivity contribution in [3.63, 3.8) is 0 Å². The van der Waals surface area contributed by atoms with E-state index >= 15 is 0 Å². The zero-order valence-corrected chi connectivity index (χ0v) is 25.9. The van der Waals surface area contributed by atoms with Crippen LogP contribution in [0.4, 0.5) is 0 Å². The second-order valence-corrected chi connectivity index (χ2v) is 12.9. The number of halogens is 2. The van der Waals surface area contributed by atoms with Gasteiger partial charge in [0.05, 0.1) is 52.4 Å². The zero-order valence-electron chi connectivity index (χ0n) is 22.8. The van der Waals surface area contributed by atoms with Gasteiger partial charge in [0.25, 0.3) is 0 Å². The summed E-state index contributed by atoms with van der Waals surface area (Å²) in [6.45, 7) is 11.5. The highest BCUT2D eigenvalue weighted by Gasteiger charge is 2.46. The first-order chi connectivity index (χ1) is 17.2. The number of rotatable bonds is 10. The van der Waals surface area contributed by atoms with Gasteiger partial charge in [0.1, 0.15) is 0 Å². The lowest BCUT2D eigenvalue weighted by Gasteiger charge is -2.53. The summed E-state index contributed by atoms with van der Waals surface area (Å²) in [5.74, 6) is 3.54. The van der Waals surface area contributed by atoms with Crippen molar-refractivity contribution in [2.24, 2.45) is 11.8 Å². The standard InChI is InChI=1S/C33H48N2.2BrH/c1(2-10-20-34-22-16-30(17-23-34)32(26-34)28-12-6-4-7-13-28)3-11-21-35-24-18-31(19-25-35)33(27-35)29-14-8-5-9-15-29;;/h4-9,12-15,30-33H,1-3,10-11,16-27H2;2*1H/q+2;;/p-2. The number of benzene rings is 2. The SMILES string of the molecule is [Br-].[Br-].c1ccc(C2C[N+]3(CCCCCCC[N+]45CCC(CC4)C(c4ccccc4)C5)CCC2CC3)cc1. The summed E-state index contributed by atoms with van der Waals surface area (Å²) in [5, 5.41) is 0. The smallest absolute Gasteiger partial charge is 0.0859 e. The molecule has 0 saturated carbocycles. The Labute approximate surface area is 247 Å². The van der Waals surface area contributed by atoms with Gasteiger partial charge in [-0.15, -0.1) is 0 Å². The lowest BCUT2D eigenvalue weighted by molar-refractivity contribution is -0.944. The number of unbranched alkanes of at least 4 members (excludes halogenated alkanes) is 4. The fourth-order valence-corrected chi connectivity index (χ4v) is 8.78. The maximum atomic E-state index is 2.39. The van der Waals surface area contributed by atoms with Gasteiger partial charge in [-0.1, -0.05) is 67.1 Å². The predicted molar refractivity (Wildman–Crippen MR) is 146 cm³/mol. The number of hydrogen-bond acceptors (Lipinski definition) is 0. The van der Waals surface area contributed by atoms with Crippen LogP contribution in [0.5, 0.6) is 0 Å². The number of nitrogens with zero attached hydrogens (tertiary/aromatic N) is 2. The van der Waals surface area contributed by atoms with E-state index in [-0.39, 0.29) is 34.0 Å². The van der Waals surface area contributed by atoms with Crippen molar-refractivity contribution in [3.05, 3.63) is 71.8 Å². The molecule has 6 saturated heterocycles. The van der Waals surface area contributed by atoms with Crippen LogP contribution in [0.15, 0.2) is 60.7 Å². The minimum absolute atomic E-state index is 0. The van der Waals surface area contributed by atoms with E-state index in [9.17, 15) is 0 Å². The molecule has 0 aromatic heterocycles. The molecule has 2 aromatic rings. The molecule has 37 heavy (non-hydrogen) atoms. The highest BCUT2D eigenvalue weighted by molar-refractivity contribution is 5.22. The van der Waals surface area contributed by atoms with Gasteiger partial charge in [0.15, 0.2) is 0 Å². The van der Waals surface area contributed by atoms with Crippen molar-refractivity contribution in [1.82, 2.24) is 0 Å². The van der Waals surface area contributed by atoms with E-state index in [1.807, 2.05) is 0 Å². The van der Waals surface area contributed by atoms with Crippen LogP contribution in [-0.2, 0) is 0 Å². The number of piperidine rings is 6. The first kappa shape index (κ1) is 29.3. The van der Waals surface area contributed by atoms with Gasteiger partial charge >= 0.3 is 0 Å². The van der Waals surface area contributed by atoms with Crippen LogP contribution in [0.2, 0.25) is 0 Å². The Kier molecular flexibility index (Phi) is 10.4. The molecule has 0 N–H and O–H groups in total. The maximum absolute atomic E-state index is 2.39. The van der Waals surface area contributed by atoms with E-state index in [4.69, 9.17) is 0 Å². The van der Waals surface area contributed by atoms with Crippen LogP contribution in [-0.4, -0.2) is 61.3 Å². The summed E-state index contributed by atoms with van der Waals surface area (Å²) in [6, 6.07) is 22.9. The fourth-order valence-electron chi connectivity index (χ4n) is 8.78. The van der Waals surface area contributed by atoms with E-state index in [0.29, 0.717) is 0 Å². The van der Waals surface area contributed by atoms with Gasteiger partial charge < -0.3 is 42.9 Å². The molecule has 204 valence electrons. The largest absolute Gasteiger partial charge is 1.00 e. The second kappa shape index (κ2) is 13.1. The van der Waals surface area contributed by atoms with E-state index < -0.39 is 0 Å². The highest BCUT2D eigenvalue weighted by atomic mass is 79.9. The lowest BCUT2D eigenvalue weighted by atomic mass is 9.73. The molecular formula is C33H48Br2N2. The minimum atomic E-state index is 0. The molecule has 4 heteroatoms. The molecule has 2 aromatic carbocycles. The van der Waals surface area contributed by atoms with Gasteiger partial charge in [-0.2, -0.15) is 0 Å². The average molecular weight is 633 g/mol. The van der Waals surface area contributed by atoms with Gasteiger partial charge in [-0.05, 0) is 48.6 Å². The molecule has 6 fully saturated rings. The van der Waals surface area contributed by atoms with Crippen LogP contribution in [0, 0.1) is 11.8 Å². The van der Waals surface area contributed by atoms with Crippen molar-refractivity contribution in [2.75, 3.05) is 52.4 Å². The third kappa shape index (κ3) is 6.56. The highest BCUT2D eigenvalue weighted by Crippen LogP contribution is 2.44. The van der Waals surface area contributed by atoms with E-state index in [1.54, 1.807) is 11.1 Å². The normalized spacial score (nSPS) is 33.9. The Hall–Kier alpha value is -0.680. The van der Waals surface area contributed by atoms with Crippen LogP contribution in [0.25, 0.3) is 0 Å². The second-order valence-electron chi connectivity index (χ2n) is 12.9. The van der Waals surface area contributed by atoms with E-state index in [1.165, 1.54) is 119 Å². The molecule has 0 spiro atoms. The summed E-state index contributed by atoms with van der Waals surface area (Å²) < 4.78 is 2.86. The van der Waals surface area contributed by atoms with Crippen molar-refractivity contribution >= 4 is 0 Å². The molecular weight excluding hydrogens is 584 g/mol. The Balaban J connectivity index is 0.00000160. The molecule has 2 unspecified atom stereocenters. The van der Waals surface area contributed by atoms with Crippen molar-refractivity contribution in [1.29, 1.82) is 0 Å². The zero-order chi connectivity index (χ0) is 23.6. The molecule has 2 nitrogen and oxygen atoms in total. The maximum Gasteiger partial charge on any atom is 0.0859 e. The summed E-state index contributed by atoms with van der Waals surface area (Å²) >= 11 is 0. The van der Waals surface area contributed by atoms with Gasteiger partial charge in [-0.25, -0.2) is 0 Å². The Morgan fingerprint density at radius 2 is 0.838 bits per heavy atom. The van der Waals surface area contributed by atoms with E-state index in [2.05, 4.69) is 60.7 Å². The molecule has 8 rings (SSSR count). The molecule has 0 radical (unpaired) electrons. The van der Waals surface area contributed by atoms with Crippen LogP contribution < -0.4 is 34.0 Å². The third-order valence-electron chi connectivity index (χ3n) is 10.9. The molecule has 0 aliphatic carbocycles. The number of hydrogen-bond donors (Lipinski definition) is 0. The molecule has 6 aliphatic heterocycles. The summed E-state index contributed by atoms with van der Waals surface area (Å²) in [6.07, 6.45) is 13.1. The topological polar surface area (TPSA) is 0 Å². The van der Waals surface area contributed by atoms with Crippen LogP contribution in [0.3, 0.4) is 0 Å². The Morgan fingerprint density at radius 1 is 0.486 bits per heavy atom. The molecule has 4 bridgehead atoms. The predicted octanol–water partition coefficient (Wildman–Crippen LogP) is 0.993. The fraction of sp³-hybridized carbons (Fsp3) is 0.636. The Bertz CT molecular complexity index is 856. The first-order valence-corrected chi connectivity index (χ1v) is 15.0. The molecule has 2 atom stereocenters. The first-order valence-electron chi connectivity index (χ1n) is 15.0. The van der Waals surface area contributed by atoms with Gasteiger partial charge in [-0.3, -0.25) is 0 Å². The van der Waals surface area contributed by atoms with E-state index in [0.717, 1.165) is 23.7 Å². The van der Waals surface area contributed by atoms with Crippen LogP contribution >= 0.6 is 0 Å².